The normalized spacial score (nSPS) is 18.3. The van der Waals surface area contributed by atoms with Crippen molar-refractivity contribution in [1.82, 2.24) is 14.8 Å². The van der Waals surface area contributed by atoms with Gasteiger partial charge >= 0.3 is 0 Å². The summed E-state index contributed by atoms with van der Waals surface area (Å²) in [6, 6.07) is 3.88. The third-order valence-corrected chi connectivity index (χ3v) is 3.97. The van der Waals surface area contributed by atoms with Crippen LogP contribution in [-0.2, 0) is 6.54 Å². The minimum Gasteiger partial charge on any atom is -0.409 e. The molecule has 0 aromatic carbocycles. The monoisotopic (exact) mass is 291 g/mol. The lowest BCUT2D eigenvalue weighted by Crippen LogP contribution is -2.37. The van der Waals surface area contributed by atoms with E-state index in [2.05, 4.69) is 34.0 Å². The first kappa shape index (κ1) is 15.7. The number of hydrogen-bond acceptors (Lipinski definition) is 5. The zero-order chi connectivity index (χ0) is 15.2. The van der Waals surface area contributed by atoms with Crippen LogP contribution in [-0.4, -0.2) is 59.6 Å². The van der Waals surface area contributed by atoms with Crippen molar-refractivity contribution < 1.29 is 5.21 Å². The predicted molar refractivity (Wildman–Crippen MR) is 83.3 cm³/mol. The summed E-state index contributed by atoms with van der Waals surface area (Å²) >= 11 is 0. The molecule has 1 saturated heterocycles. The van der Waals surface area contributed by atoms with E-state index in [4.69, 9.17) is 10.9 Å². The molecule has 0 saturated carbocycles. The summed E-state index contributed by atoms with van der Waals surface area (Å²) in [6.45, 7) is 4.14. The second kappa shape index (κ2) is 7.38. The van der Waals surface area contributed by atoms with Crippen LogP contribution in [0, 0.1) is 5.92 Å². The van der Waals surface area contributed by atoms with E-state index in [1.165, 1.54) is 12.8 Å². The third-order valence-electron chi connectivity index (χ3n) is 3.97. The average Bonchev–Trinajstić information content (AvgIpc) is 2.48. The van der Waals surface area contributed by atoms with Crippen molar-refractivity contribution >= 4 is 5.84 Å². The van der Waals surface area contributed by atoms with Gasteiger partial charge in [-0.1, -0.05) is 11.2 Å². The molecular weight excluding hydrogens is 266 g/mol. The molecular formula is C15H25N5O. The van der Waals surface area contributed by atoms with Gasteiger partial charge in [-0.3, -0.25) is 9.88 Å². The van der Waals surface area contributed by atoms with Gasteiger partial charge in [-0.25, -0.2) is 0 Å². The number of aromatic nitrogens is 1. The third kappa shape index (κ3) is 4.41. The summed E-state index contributed by atoms with van der Waals surface area (Å²) in [6.07, 6.45) is 4.11. The summed E-state index contributed by atoms with van der Waals surface area (Å²) in [7, 11) is 4.26. The van der Waals surface area contributed by atoms with Gasteiger partial charge in [0, 0.05) is 19.3 Å². The molecule has 0 unspecified atom stereocenters. The first-order valence-corrected chi connectivity index (χ1v) is 7.39. The summed E-state index contributed by atoms with van der Waals surface area (Å²) in [5.41, 5.74) is 7.28. The molecule has 1 aromatic heterocycles. The van der Waals surface area contributed by atoms with Gasteiger partial charge in [0.15, 0.2) is 5.84 Å². The van der Waals surface area contributed by atoms with Gasteiger partial charge in [0.1, 0.15) is 5.69 Å². The van der Waals surface area contributed by atoms with Crippen LogP contribution in [0.3, 0.4) is 0 Å². The Morgan fingerprint density at radius 3 is 2.81 bits per heavy atom. The zero-order valence-electron chi connectivity index (χ0n) is 12.9. The fourth-order valence-electron chi connectivity index (χ4n) is 2.93. The van der Waals surface area contributed by atoms with E-state index in [0.717, 1.165) is 37.7 Å². The van der Waals surface area contributed by atoms with Crippen LogP contribution in [0.2, 0.25) is 0 Å². The maximum absolute atomic E-state index is 8.84. The van der Waals surface area contributed by atoms with Crippen molar-refractivity contribution in [2.24, 2.45) is 16.8 Å². The molecule has 0 amide bonds. The highest BCUT2D eigenvalue weighted by Crippen LogP contribution is 2.20. The highest BCUT2D eigenvalue weighted by molar-refractivity contribution is 5.96. The minimum atomic E-state index is 0.0769. The molecule has 2 rings (SSSR count). The standard InChI is InChI=1S/C15H25N5O/c1-19(2)10-12-5-8-20(9-6-12)11-13-4-3-7-17-14(13)15(16)18-21/h3-4,7,12,21H,5-6,8-11H2,1-2H3,(H2,16,18). The van der Waals surface area contributed by atoms with Gasteiger partial charge in [0.25, 0.3) is 0 Å². The average molecular weight is 291 g/mol. The Balaban J connectivity index is 1.95. The van der Waals surface area contributed by atoms with Gasteiger partial charge < -0.3 is 15.8 Å². The number of oxime groups is 1. The molecule has 3 N–H and O–H groups in total. The first-order valence-electron chi connectivity index (χ1n) is 7.39. The van der Waals surface area contributed by atoms with Gasteiger partial charge in [-0.05, 0) is 57.6 Å². The molecule has 6 heteroatoms. The number of piperidine rings is 1. The molecule has 0 aliphatic carbocycles. The van der Waals surface area contributed by atoms with E-state index in [1.54, 1.807) is 6.20 Å². The predicted octanol–water partition coefficient (Wildman–Crippen LogP) is 0.950. The molecule has 21 heavy (non-hydrogen) atoms. The van der Waals surface area contributed by atoms with Crippen LogP contribution in [0.4, 0.5) is 0 Å². The Hall–Kier alpha value is -1.66. The van der Waals surface area contributed by atoms with Crippen molar-refractivity contribution in [2.45, 2.75) is 19.4 Å². The molecule has 6 nitrogen and oxygen atoms in total. The van der Waals surface area contributed by atoms with Crippen LogP contribution in [0.15, 0.2) is 23.5 Å². The van der Waals surface area contributed by atoms with E-state index >= 15 is 0 Å². The Kier molecular flexibility index (Phi) is 5.52. The Bertz CT molecular complexity index is 481. The van der Waals surface area contributed by atoms with Crippen molar-refractivity contribution in [3.63, 3.8) is 0 Å². The SMILES string of the molecule is CN(C)CC1CCN(Cc2cccnc2C(N)=NO)CC1. The highest BCUT2D eigenvalue weighted by Gasteiger charge is 2.21. The molecule has 1 aromatic rings. The summed E-state index contributed by atoms with van der Waals surface area (Å²) in [4.78, 5) is 8.90. The highest BCUT2D eigenvalue weighted by atomic mass is 16.4. The van der Waals surface area contributed by atoms with E-state index in [-0.39, 0.29) is 5.84 Å². The Labute approximate surface area is 126 Å². The van der Waals surface area contributed by atoms with Crippen LogP contribution < -0.4 is 5.73 Å². The number of pyridine rings is 1. The van der Waals surface area contributed by atoms with E-state index in [9.17, 15) is 0 Å². The molecule has 0 spiro atoms. The molecule has 1 aliphatic heterocycles. The van der Waals surface area contributed by atoms with Gasteiger partial charge in [-0.15, -0.1) is 0 Å². The maximum atomic E-state index is 8.84. The lowest BCUT2D eigenvalue weighted by atomic mass is 9.96. The smallest absolute Gasteiger partial charge is 0.189 e. The fourth-order valence-corrected chi connectivity index (χ4v) is 2.93. The summed E-state index contributed by atoms with van der Waals surface area (Å²) < 4.78 is 0. The second-order valence-corrected chi connectivity index (χ2v) is 5.98. The van der Waals surface area contributed by atoms with Gasteiger partial charge in [0.2, 0.25) is 0 Å². The van der Waals surface area contributed by atoms with Gasteiger partial charge in [0.05, 0.1) is 0 Å². The van der Waals surface area contributed by atoms with Crippen LogP contribution >= 0.6 is 0 Å². The number of nitrogens with zero attached hydrogens (tertiary/aromatic N) is 4. The second-order valence-electron chi connectivity index (χ2n) is 5.98. The largest absolute Gasteiger partial charge is 0.409 e. The van der Waals surface area contributed by atoms with Crippen molar-refractivity contribution in [3.8, 4) is 0 Å². The fraction of sp³-hybridized carbons (Fsp3) is 0.600. The molecule has 116 valence electrons. The molecule has 1 fully saturated rings. The lowest BCUT2D eigenvalue weighted by Gasteiger charge is -2.33. The van der Waals surface area contributed by atoms with Crippen LogP contribution in [0.1, 0.15) is 24.1 Å². The van der Waals surface area contributed by atoms with E-state index in [0.29, 0.717) is 5.69 Å². The Morgan fingerprint density at radius 1 is 1.48 bits per heavy atom. The number of rotatable bonds is 5. The molecule has 0 atom stereocenters. The lowest BCUT2D eigenvalue weighted by molar-refractivity contribution is 0.156. The molecule has 0 bridgehead atoms. The number of nitrogens with two attached hydrogens (primary N) is 1. The van der Waals surface area contributed by atoms with Crippen molar-refractivity contribution in [3.05, 3.63) is 29.6 Å². The first-order chi connectivity index (χ1) is 10.1. The maximum Gasteiger partial charge on any atom is 0.189 e. The van der Waals surface area contributed by atoms with Gasteiger partial charge in [-0.2, -0.15) is 0 Å². The Morgan fingerprint density at radius 2 is 2.19 bits per heavy atom. The van der Waals surface area contributed by atoms with Crippen molar-refractivity contribution in [2.75, 3.05) is 33.7 Å². The summed E-state index contributed by atoms with van der Waals surface area (Å²) in [5, 5.41) is 11.9. The van der Waals surface area contributed by atoms with E-state index in [1.807, 2.05) is 12.1 Å². The van der Waals surface area contributed by atoms with Crippen LogP contribution in [0.25, 0.3) is 0 Å². The zero-order valence-corrected chi connectivity index (χ0v) is 12.9. The summed E-state index contributed by atoms with van der Waals surface area (Å²) in [5.74, 6) is 0.863. The minimum absolute atomic E-state index is 0.0769. The number of hydrogen-bond donors (Lipinski definition) is 2. The van der Waals surface area contributed by atoms with E-state index < -0.39 is 0 Å². The number of likely N-dealkylation sites (tertiary alicyclic amines) is 1. The topological polar surface area (TPSA) is 78.0 Å². The molecule has 1 aliphatic rings. The van der Waals surface area contributed by atoms with Crippen LogP contribution in [0.5, 0.6) is 0 Å². The molecule has 2 heterocycles. The quantitative estimate of drug-likeness (QED) is 0.365. The van der Waals surface area contributed by atoms with Crippen molar-refractivity contribution in [1.29, 1.82) is 0 Å². The molecule has 0 radical (unpaired) electrons. The number of amidine groups is 1.